The summed E-state index contributed by atoms with van der Waals surface area (Å²) in [5.74, 6) is 2.14. The van der Waals surface area contributed by atoms with Gasteiger partial charge in [0.15, 0.2) is 0 Å². The molecule has 3 fully saturated rings. The zero-order chi connectivity index (χ0) is 77.3. The molecule has 108 heavy (non-hydrogen) atoms. The number of likely N-dealkylation sites (tertiary alicyclic amines) is 3. The lowest BCUT2D eigenvalue weighted by Crippen LogP contribution is -2.34. The number of esters is 6. The zero-order valence-electron chi connectivity index (χ0n) is 64.5. The number of carbonyl (C=O) groups excluding carboxylic acids is 6. The standard InChI is InChI=1S/C26H37N7O4.C25H35N7O4.C24H33N7O4/c1-6-18(17(3)4)13-32-9-8-19-11-27-26(30-24(19)32)29-20-12-28-33(14-20)16-23(34)37-21-10-22(31(5)15-21)25(35)36-7-2;1-6-17(16(2)3)12-31-8-7-18-10-26-25(29-23(18)31)28-19-11-27-32(13-19)15-22(33)36-20-9-21(24(34)35-5)30(4)14-20;1-5-16(6-2)12-30-8-7-17-10-25-24(28-22(17)30)27-18-11-26-31(13-18)15-21(32)35-19-9-20(23(33)34-4)29(3)14-19/h8-9,11-12,14,17-18,21-22H,6-7,10,13,15-16H2,1-5H3,(H,27,29,30);7-8,10-11,13,16-17,20-21H,6,9,12,14-15H2,1-5H3,(H,26,28,29);7-8,10-11,13,16,19-20H,5-6,9,12,14-15H2,1-4H3,(H,25,27,28)/t18-,21-,22+;17-,20-,21+;19-,20+/m111/s1. The van der Waals surface area contributed by atoms with Crippen LogP contribution in [0.2, 0.25) is 0 Å². The molecule has 3 aliphatic heterocycles. The van der Waals surface area contributed by atoms with E-state index in [0.717, 1.165) is 78.4 Å². The second-order valence-electron chi connectivity index (χ2n) is 28.7. The van der Waals surface area contributed by atoms with E-state index in [-0.39, 0.29) is 55.9 Å². The number of nitrogens with one attached hydrogen (secondary N) is 3. The minimum Gasteiger partial charge on any atom is -0.468 e. The summed E-state index contributed by atoms with van der Waals surface area (Å²) in [6.45, 7) is 24.0. The highest BCUT2D eigenvalue weighted by Crippen LogP contribution is 2.28. The van der Waals surface area contributed by atoms with Gasteiger partial charge in [0.25, 0.3) is 0 Å². The molecule has 12 heterocycles. The number of ether oxygens (including phenoxy) is 6. The highest BCUT2D eigenvalue weighted by Gasteiger charge is 2.40. The van der Waals surface area contributed by atoms with Gasteiger partial charge in [0.1, 0.15) is 73.0 Å². The van der Waals surface area contributed by atoms with Crippen LogP contribution in [-0.2, 0) is 96.5 Å². The molecule has 8 atom stereocenters. The van der Waals surface area contributed by atoms with Gasteiger partial charge in [-0.3, -0.25) is 57.5 Å². The van der Waals surface area contributed by atoms with Crippen LogP contribution < -0.4 is 16.0 Å². The quantitative estimate of drug-likeness (QED) is 0.0270. The summed E-state index contributed by atoms with van der Waals surface area (Å²) in [6.07, 6.45) is 26.2. The van der Waals surface area contributed by atoms with Crippen molar-refractivity contribution in [2.45, 2.75) is 183 Å². The predicted octanol–water partition coefficient (Wildman–Crippen LogP) is 8.67. The molecule has 3 N–H and O–H groups in total. The molecule has 33 heteroatoms. The second-order valence-corrected chi connectivity index (χ2v) is 28.7. The first kappa shape index (κ1) is 80.1. The molecule has 33 nitrogen and oxygen atoms in total. The molecular weight excluding hydrogens is 1390 g/mol. The first-order valence-electron chi connectivity index (χ1n) is 37.3. The van der Waals surface area contributed by atoms with Gasteiger partial charge < -0.3 is 58.1 Å². The summed E-state index contributed by atoms with van der Waals surface area (Å²) >= 11 is 0. The Bertz CT molecular complexity index is 4480. The number of aromatic nitrogens is 15. The number of carbonyl (C=O) groups is 6. The second kappa shape index (κ2) is 37.4. The molecule has 0 aliphatic carbocycles. The summed E-state index contributed by atoms with van der Waals surface area (Å²) in [6, 6.07) is 4.91. The summed E-state index contributed by atoms with van der Waals surface area (Å²) in [5, 5.41) is 25.2. The Balaban J connectivity index is 0.000000173. The first-order chi connectivity index (χ1) is 51.9. The van der Waals surface area contributed by atoms with Crippen LogP contribution in [0.15, 0.2) is 92.6 Å². The van der Waals surface area contributed by atoms with Gasteiger partial charge in [-0.1, -0.05) is 81.1 Å². The average Bonchev–Trinajstić information content (AvgIpc) is 1.64. The summed E-state index contributed by atoms with van der Waals surface area (Å²) in [5.41, 5.74) is 4.66. The number of methoxy groups -OCH3 is 2. The molecule has 0 saturated carbocycles. The third-order valence-corrected chi connectivity index (χ3v) is 20.4. The maximum atomic E-state index is 12.5. The van der Waals surface area contributed by atoms with Crippen LogP contribution in [0.3, 0.4) is 0 Å². The van der Waals surface area contributed by atoms with E-state index in [9.17, 15) is 28.8 Å². The number of nitrogens with zero attached hydrogens (tertiary/aromatic N) is 18. The normalized spacial score (nSPS) is 18.8. The number of fused-ring (bicyclic) bond motifs is 3. The maximum absolute atomic E-state index is 12.5. The van der Waals surface area contributed by atoms with Crippen molar-refractivity contribution in [1.82, 2.24) is 87.6 Å². The monoisotopic (exact) mass is 1490 g/mol. The molecule has 0 amide bonds. The van der Waals surface area contributed by atoms with Crippen molar-refractivity contribution >= 4 is 104 Å². The Morgan fingerprint density at radius 1 is 0.454 bits per heavy atom. The predicted molar refractivity (Wildman–Crippen MR) is 404 cm³/mol. The van der Waals surface area contributed by atoms with Crippen LogP contribution in [0.4, 0.5) is 34.9 Å². The fraction of sp³-hybridized carbons (Fsp3) is 0.560. The Kier molecular flexibility index (Phi) is 27.8. The molecule has 0 unspecified atom stereocenters. The molecule has 0 spiro atoms. The highest BCUT2D eigenvalue weighted by molar-refractivity contribution is 5.80. The molecule has 3 aliphatic rings. The Labute approximate surface area is 628 Å². The molecular formula is C75H105N21O12. The van der Waals surface area contributed by atoms with Crippen LogP contribution in [-0.4, -0.2) is 222 Å². The zero-order valence-corrected chi connectivity index (χ0v) is 64.5. The van der Waals surface area contributed by atoms with E-state index in [4.69, 9.17) is 43.4 Å². The van der Waals surface area contributed by atoms with Gasteiger partial charge in [-0.05, 0) is 75.9 Å². The fourth-order valence-electron chi connectivity index (χ4n) is 13.9. The van der Waals surface area contributed by atoms with E-state index in [1.165, 1.54) is 28.3 Å². The van der Waals surface area contributed by atoms with Crippen LogP contribution in [0, 0.1) is 29.6 Å². The molecule has 9 aromatic rings. The SMILES string of the molecule is CCC(CC)Cn1ccc2cnc(Nc3cnn(CC(=O)O[C@@H]4C[C@@H](C(=O)OC)N(C)C4)c3)nc21.CCOC(=O)[C@@H]1C[C@@H](OC(=O)Cn2cc(Nc3ncc4ccn(C[C@@H](CC)C(C)C)c4n3)cn2)CN1C.CC[C@H](Cn1ccc2cnc(Nc3cnn(CC(=O)O[C@@H]4C[C@@H](C(=O)OC)N(C)C4)c3)nc21)C(C)C. The Hall–Kier alpha value is -10.4. The first-order valence-corrected chi connectivity index (χ1v) is 37.3. The van der Waals surface area contributed by atoms with Crippen molar-refractivity contribution < 1.29 is 57.2 Å². The Morgan fingerprint density at radius 3 is 1.07 bits per heavy atom. The minimum atomic E-state index is -0.417. The van der Waals surface area contributed by atoms with Crippen molar-refractivity contribution in [3.63, 3.8) is 0 Å². The number of anilines is 6. The van der Waals surface area contributed by atoms with Crippen LogP contribution in [0.5, 0.6) is 0 Å². The molecule has 9 aromatic heterocycles. The van der Waals surface area contributed by atoms with E-state index >= 15 is 0 Å². The lowest BCUT2D eigenvalue weighted by atomic mass is 9.93. The molecule has 0 radical (unpaired) electrons. The van der Waals surface area contributed by atoms with Gasteiger partial charge in [-0.15, -0.1) is 0 Å². The van der Waals surface area contributed by atoms with Gasteiger partial charge in [-0.25, -0.2) is 15.0 Å². The molecule has 12 rings (SSSR count). The topological polar surface area (TPSA) is 349 Å². The summed E-state index contributed by atoms with van der Waals surface area (Å²) in [4.78, 5) is 106. The van der Waals surface area contributed by atoms with E-state index in [1.54, 1.807) is 56.5 Å². The lowest BCUT2D eigenvalue weighted by Gasteiger charge is -2.20. The molecule has 582 valence electrons. The van der Waals surface area contributed by atoms with Gasteiger partial charge in [0.2, 0.25) is 17.8 Å². The third-order valence-electron chi connectivity index (χ3n) is 20.4. The minimum absolute atomic E-state index is 0.0387. The smallest absolute Gasteiger partial charge is 0.328 e. The molecule has 3 saturated heterocycles. The number of hydrogen-bond acceptors (Lipinski definition) is 27. The number of likely N-dealkylation sites (N-methyl/N-ethyl adjacent to an activating group) is 3. The largest absolute Gasteiger partial charge is 0.468 e. The summed E-state index contributed by atoms with van der Waals surface area (Å²) in [7, 11) is 8.15. The van der Waals surface area contributed by atoms with Gasteiger partial charge >= 0.3 is 35.8 Å². The van der Waals surface area contributed by atoms with Crippen LogP contribution in [0.1, 0.15) is 107 Å². The fourth-order valence-corrected chi connectivity index (χ4v) is 13.9. The number of rotatable bonds is 31. The Morgan fingerprint density at radius 2 is 0.778 bits per heavy atom. The van der Waals surface area contributed by atoms with Crippen molar-refractivity contribution in [2.75, 3.05) is 77.6 Å². The van der Waals surface area contributed by atoms with Crippen molar-refractivity contribution in [1.29, 1.82) is 0 Å². The highest BCUT2D eigenvalue weighted by atomic mass is 16.6. The van der Waals surface area contributed by atoms with Crippen LogP contribution in [0.25, 0.3) is 33.1 Å². The van der Waals surface area contributed by atoms with Gasteiger partial charge in [0, 0.05) is 130 Å². The van der Waals surface area contributed by atoms with Gasteiger partial charge in [-0.2, -0.15) is 30.2 Å². The number of hydrogen-bond donors (Lipinski definition) is 3. The molecule has 0 bridgehead atoms. The van der Waals surface area contributed by atoms with Crippen molar-refractivity contribution in [3.05, 3.63) is 92.6 Å². The van der Waals surface area contributed by atoms with E-state index in [1.807, 2.05) is 60.2 Å². The van der Waals surface area contributed by atoms with Gasteiger partial charge in [0.05, 0.1) is 56.5 Å². The maximum Gasteiger partial charge on any atom is 0.328 e. The average molecular weight is 1490 g/mol. The summed E-state index contributed by atoms with van der Waals surface area (Å²) < 4.78 is 42.4. The lowest BCUT2D eigenvalue weighted by molar-refractivity contribution is -0.151. The van der Waals surface area contributed by atoms with Crippen molar-refractivity contribution in [3.8, 4) is 0 Å². The van der Waals surface area contributed by atoms with E-state index in [0.29, 0.717) is 110 Å². The molecule has 0 aromatic carbocycles. The third kappa shape index (κ3) is 21.0. The van der Waals surface area contributed by atoms with E-state index < -0.39 is 36.0 Å². The van der Waals surface area contributed by atoms with E-state index in [2.05, 4.69) is 134 Å². The van der Waals surface area contributed by atoms with Crippen LogP contribution >= 0.6 is 0 Å². The van der Waals surface area contributed by atoms with Crippen molar-refractivity contribution in [2.24, 2.45) is 29.6 Å².